The third-order valence-corrected chi connectivity index (χ3v) is 10.6. The van der Waals surface area contributed by atoms with Gasteiger partial charge in [0.2, 0.25) is 0 Å². The Morgan fingerprint density at radius 1 is 0.519 bits per heavy atom. The van der Waals surface area contributed by atoms with Crippen LogP contribution in [0, 0.1) is 0 Å². The minimum atomic E-state index is -4.61. The lowest BCUT2D eigenvalue weighted by atomic mass is 10.0. The third kappa shape index (κ3) is 38.7. The normalized spacial score (nSPS) is 13.6. The standard InChI is InChI=1S/C42H84NO8P/c1-6-8-10-12-14-16-17-18-19-20-21-22-23-24-25-27-29-31-33-35-42(45)51-40(39-50-52(46,47)49-37-36-43(3,4)5)38-48-41(44)34-32-30-28-26-15-13-11-9-7-2/h40H,6-39H2,1-5H3/t40-/m1/s1. The van der Waals surface area contributed by atoms with Crippen molar-refractivity contribution >= 4 is 19.8 Å². The first-order valence-electron chi connectivity index (χ1n) is 21.7. The Kier molecular flexibility index (Phi) is 35.0. The van der Waals surface area contributed by atoms with Crippen molar-refractivity contribution in [3.8, 4) is 0 Å². The summed E-state index contributed by atoms with van der Waals surface area (Å²) in [7, 11) is 1.18. The van der Waals surface area contributed by atoms with E-state index >= 15 is 0 Å². The molecule has 10 heteroatoms. The van der Waals surface area contributed by atoms with Gasteiger partial charge in [-0.1, -0.05) is 181 Å². The fraction of sp³-hybridized carbons (Fsp3) is 0.952. The van der Waals surface area contributed by atoms with E-state index < -0.39 is 26.5 Å². The van der Waals surface area contributed by atoms with Gasteiger partial charge in [-0.25, -0.2) is 0 Å². The number of carbonyl (C=O) groups is 2. The molecule has 1 unspecified atom stereocenters. The van der Waals surface area contributed by atoms with Crippen LogP contribution in [0.4, 0.5) is 0 Å². The van der Waals surface area contributed by atoms with E-state index in [2.05, 4.69) is 13.8 Å². The Morgan fingerprint density at radius 2 is 0.865 bits per heavy atom. The van der Waals surface area contributed by atoms with E-state index in [0.29, 0.717) is 17.4 Å². The highest BCUT2D eigenvalue weighted by Gasteiger charge is 2.21. The van der Waals surface area contributed by atoms with Crippen LogP contribution >= 0.6 is 7.82 Å². The number of phosphoric acid groups is 1. The Morgan fingerprint density at radius 3 is 1.23 bits per heavy atom. The van der Waals surface area contributed by atoms with Crippen LogP contribution < -0.4 is 4.89 Å². The zero-order valence-corrected chi connectivity index (χ0v) is 35.7. The summed E-state index contributed by atoms with van der Waals surface area (Å²) in [6, 6.07) is 0. The second-order valence-corrected chi connectivity index (χ2v) is 17.5. The molecule has 310 valence electrons. The Balaban J connectivity index is 4.24. The summed E-state index contributed by atoms with van der Waals surface area (Å²) in [5.41, 5.74) is 0. The Labute approximate surface area is 321 Å². The van der Waals surface area contributed by atoms with Crippen molar-refractivity contribution in [3.05, 3.63) is 0 Å². The maximum absolute atomic E-state index is 12.6. The van der Waals surface area contributed by atoms with Crippen LogP contribution in [0.15, 0.2) is 0 Å². The molecular weight excluding hydrogens is 677 g/mol. The third-order valence-electron chi connectivity index (χ3n) is 9.63. The predicted octanol–water partition coefficient (Wildman–Crippen LogP) is 11.4. The fourth-order valence-electron chi connectivity index (χ4n) is 6.18. The highest BCUT2D eigenvalue weighted by Crippen LogP contribution is 2.38. The second-order valence-electron chi connectivity index (χ2n) is 16.1. The molecule has 0 heterocycles. The summed E-state index contributed by atoms with van der Waals surface area (Å²) in [6.45, 7) is 4.23. The molecule has 0 fully saturated rings. The molecule has 0 spiro atoms. The Bertz CT molecular complexity index is 865. The molecule has 52 heavy (non-hydrogen) atoms. The average molecular weight is 762 g/mol. The van der Waals surface area contributed by atoms with Crippen molar-refractivity contribution in [3.63, 3.8) is 0 Å². The number of carbonyl (C=O) groups excluding carboxylic acids is 2. The highest BCUT2D eigenvalue weighted by atomic mass is 31.2. The zero-order valence-electron chi connectivity index (χ0n) is 34.8. The zero-order chi connectivity index (χ0) is 38.6. The van der Waals surface area contributed by atoms with Crippen molar-refractivity contribution in [2.24, 2.45) is 0 Å². The van der Waals surface area contributed by atoms with E-state index in [1.54, 1.807) is 0 Å². The molecule has 0 aromatic carbocycles. The molecule has 0 rings (SSSR count). The number of nitrogens with zero attached hydrogens (tertiary/aromatic N) is 1. The number of ether oxygens (including phenoxy) is 2. The number of quaternary nitrogens is 1. The van der Waals surface area contributed by atoms with E-state index in [1.807, 2.05) is 21.1 Å². The molecule has 0 aliphatic carbocycles. The lowest BCUT2D eigenvalue weighted by molar-refractivity contribution is -0.870. The van der Waals surface area contributed by atoms with Gasteiger partial charge in [0.05, 0.1) is 27.7 Å². The van der Waals surface area contributed by atoms with Crippen LogP contribution in [0.3, 0.4) is 0 Å². The van der Waals surface area contributed by atoms with E-state index in [0.717, 1.165) is 32.1 Å². The average Bonchev–Trinajstić information content (AvgIpc) is 3.09. The number of hydrogen-bond acceptors (Lipinski definition) is 8. The lowest BCUT2D eigenvalue weighted by Gasteiger charge is -2.28. The molecule has 0 aliphatic rings. The fourth-order valence-corrected chi connectivity index (χ4v) is 6.91. The van der Waals surface area contributed by atoms with Gasteiger partial charge >= 0.3 is 11.9 Å². The molecule has 9 nitrogen and oxygen atoms in total. The molecule has 0 saturated heterocycles. The summed E-state index contributed by atoms with van der Waals surface area (Å²) in [5, 5.41) is 0. The molecule has 0 amide bonds. The van der Waals surface area contributed by atoms with Crippen molar-refractivity contribution in [2.45, 2.75) is 213 Å². The molecule has 0 bridgehead atoms. The summed E-state index contributed by atoms with van der Waals surface area (Å²) < 4.78 is 33.8. The van der Waals surface area contributed by atoms with E-state index in [4.69, 9.17) is 18.5 Å². The summed E-state index contributed by atoms with van der Waals surface area (Å²) >= 11 is 0. The molecule has 0 radical (unpaired) electrons. The van der Waals surface area contributed by atoms with Crippen LogP contribution in [0.1, 0.15) is 206 Å². The van der Waals surface area contributed by atoms with E-state index in [1.165, 1.54) is 141 Å². The van der Waals surface area contributed by atoms with Gasteiger partial charge in [-0.3, -0.25) is 14.2 Å². The van der Waals surface area contributed by atoms with Crippen LogP contribution in [0.5, 0.6) is 0 Å². The summed E-state index contributed by atoms with van der Waals surface area (Å²) in [5.74, 6) is -0.824. The largest absolute Gasteiger partial charge is 0.756 e. The Hall–Kier alpha value is -0.990. The van der Waals surface area contributed by atoms with Gasteiger partial charge in [0, 0.05) is 12.8 Å². The number of rotatable bonds is 40. The van der Waals surface area contributed by atoms with Crippen LogP contribution in [-0.2, 0) is 32.7 Å². The van der Waals surface area contributed by atoms with Gasteiger partial charge in [0.1, 0.15) is 19.8 Å². The molecular formula is C42H84NO8P. The molecule has 0 aromatic rings. The SMILES string of the molecule is CCCCCCCCCCCCCCCCCCCCCC(=O)O[C@H](COC(=O)CCCCCCCCCCC)COP(=O)([O-])OCC[N+](C)(C)C. The van der Waals surface area contributed by atoms with Crippen LogP contribution in [0.2, 0.25) is 0 Å². The number of phosphoric ester groups is 1. The number of likely N-dealkylation sites (N-methyl/N-ethyl adjacent to an activating group) is 1. The molecule has 0 N–H and O–H groups in total. The summed E-state index contributed by atoms with van der Waals surface area (Å²) in [6.07, 6.45) is 34.2. The predicted molar refractivity (Wildman–Crippen MR) is 213 cm³/mol. The first kappa shape index (κ1) is 51.0. The first-order chi connectivity index (χ1) is 25.0. The minimum absolute atomic E-state index is 0.0259. The number of hydrogen-bond donors (Lipinski definition) is 0. The highest BCUT2D eigenvalue weighted by molar-refractivity contribution is 7.45. The van der Waals surface area contributed by atoms with Crippen LogP contribution in [-0.4, -0.2) is 70.0 Å². The van der Waals surface area contributed by atoms with E-state index in [-0.39, 0.29) is 32.0 Å². The molecule has 2 atom stereocenters. The minimum Gasteiger partial charge on any atom is -0.756 e. The monoisotopic (exact) mass is 762 g/mol. The van der Waals surface area contributed by atoms with Crippen molar-refractivity contribution in [1.29, 1.82) is 0 Å². The van der Waals surface area contributed by atoms with Gasteiger partial charge in [-0.05, 0) is 12.8 Å². The molecule has 0 aromatic heterocycles. The van der Waals surface area contributed by atoms with Crippen molar-refractivity contribution in [1.82, 2.24) is 0 Å². The van der Waals surface area contributed by atoms with Gasteiger partial charge in [0.15, 0.2) is 6.10 Å². The maximum Gasteiger partial charge on any atom is 0.306 e. The van der Waals surface area contributed by atoms with E-state index in [9.17, 15) is 19.0 Å². The van der Waals surface area contributed by atoms with Crippen LogP contribution in [0.25, 0.3) is 0 Å². The topological polar surface area (TPSA) is 111 Å². The van der Waals surface area contributed by atoms with Gasteiger partial charge in [-0.15, -0.1) is 0 Å². The summed E-state index contributed by atoms with van der Waals surface area (Å²) in [4.78, 5) is 37.4. The van der Waals surface area contributed by atoms with Crippen molar-refractivity contribution < 1.29 is 42.1 Å². The quantitative estimate of drug-likeness (QED) is 0.0263. The van der Waals surface area contributed by atoms with Gasteiger partial charge in [0.25, 0.3) is 7.82 Å². The van der Waals surface area contributed by atoms with Crippen molar-refractivity contribution in [2.75, 3.05) is 47.5 Å². The molecule has 0 aliphatic heterocycles. The number of esters is 2. The first-order valence-corrected chi connectivity index (χ1v) is 23.2. The smallest absolute Gasteiger partial charge is 0.306 e. The number of unbranched alkanes of at least 4 members (excludes halogenated alkanes) is 26. The lowest BCUT2D eigenvalue weighted by Crippen LogP contribution is -2.37. The maximum atomic E-state index is 12.6. The second kappa shape index (κ2) is 35.7. The van der Waals surface area contributed by atoms with Gasteiger partial charge < -0.3 is 27.9 Å². The van der Waals surface area contributed by atoms with Gasteiger partial charge in [-0.2, -0.15) is 0 Å². The molecule has 0 saturated carbocycles.